The van der Waals surface area contributed by atoms with Gasteiger partial charge in [0, 0.05) is 31.2 Å². The first kappa shape index (κ1) is 24.2. The van der Waals surface area contributed by atoms with E-state index in [0.29, 0.717) is 61.6 Å². The molecule has 11 nitrogen and oxygen atoms in total. The highest BCUT2D eigenvalue weighted by Gasteiger charge is 2.44. The molecule has 0 radical (unpaired) electrons. The van der Waals surface area contributed by atoms with Crippen molar-refractivity contribution < 1.29 is 18.5 Å². The van der Waals surface area contributed by atoms with Gasteiger partial charge in [-0.2, -0.15) is 0 Å². The Bertz CT molecular complexity index is 1250. The Labute approximate surface area is 211 Å². The molecule has 5 rings (SSSR count). The molecule has 2 N–H and O–H groups in total. The number of pyridine rings is 1. The SMILES string of the molecule is CCOc1cncc(-c2ccc(NC(=O)C3(c4cncc(NS(=O)C5CC5)n4)CCOCC3)nc2)n1. The zero-order valence-electron chi connectivity index (χ0n) is 19.8. The Morgan fingerprint density at radius 3 is 2.61 bits per heavy atom. The van der Waals surface area contributed by atoms with Gasteiger partial charge in [-0.05, 0) is 44.7 Å². The van der Waals surface area contributed by atoms with Crippen LogP contribution in [-0.4, -0.2) is 60.1 Å². The molecule has 1 aliphatic carbocycles. The Balaban J connectivity index is 1.35. The quantitative estimate of drug-likeness (QED) is 0.445. The van der Waals surface area contributed by atoms with Crippen LogP contribution >= 0.6 is 0 Å². The molecule has 12 heteroatoms. The number of ether oxygens (including phenoxy) is 2. The van der Waals surface area contributed by atoms with Gasteiger partial charge in [0.15, 0.2) is 5.82 Å². The lowest BCUT2D eigenvalue weighted by Gasteiger charge is -2.35. The van der Waals surface area contributed by atoms with Gasteiger partial charge in [0.05, 0.1) is 47.3 Å². The average Bonchev–Trinajstić information content (AvgIpc) is 3.76. The molecule has 188 valence electrons. The summed E-state index contributed by atoms with van der Waals surface area (Å²) < 4.78 is 26.2. The van der Waals surface area contributed by atoms with Crippen molar-refractivity contribution in [3.05, 3.63) is 48.8 Å². The first-order valence-electron chi connectivity index (χ1n) is 11.9. The summed E-state index contributed by atoms with van der Waals surface area (Å²) in [4.78, 5) is 35.5. The number of rotatable bonds is 9. The number of amides is 1. The lowest BCUT2D eigenvalue weighted by atomic mass is 9.76. The second-order valence-corrected chi connectivity index (χ2v) is 10.1. The monoisotopic (exact) mass is 509 g/mol. The molecule has 3 aromatic rings. The molecule has 1 aliphatic heterocycles. The molecule has 3 aromatic heterocycles. The highest BCUT2D eigenvalue weighted by atomic mass is 32.2. The molecule has 0 spiro atoms. The van der Waals surface area contributed by atoms with Crippen molar-refractivity contribution in [1.82, 2.24) is 24.9 Å². The lowest BCUT2D eigenvalue weighted by molar-refractivity contribution is -0.125. The van der Waals surface area contributed by atoms with Gasteiger partial charge < -0.3 is 14.8 Å². The van der Waals surface area contributed by atoms with Crippen LogP contribution in [0.3, 0.4) is 0 Å². The van der Waals surface area contributed by atoms with Crippen LogP contribution in [0.25, 0.3) is 11.3 Å². The van der Waals surface area contributed by atoms with E-state index >= 15 is 0 Å². The average molecular weight is 510 g/mol. The number of carbonyl (C=O) groups is 1. The summed E-state index contributed by atoms with van der Waals surface area (Å²) >= 11 is 0. The highest BCUT2D eigenvalue weighted by Crippen LogP contribution is 2.35. The molecule has 0 bridgehead atoms. The molecular formula is C24H27N7O4S. The summed E-state index contributed by atoms with van der Waals surface area (Å²) in [6.45, 7) is 3.21. The van der Waals surface area contributed by atoms with Crippen LogP contribution in [-0.2, 0) is 25.9 Å². The largest absolute Gasteiger partial charge is 0.477 e. The summed E-state index contributed by atoms with van der Waals surface area (Å²) in [5.41, 5.74) is 0.939. The van der Waals surface area contributed by atoms with E-state index < -0.39 is 16.4 Å². The van der Waals surface area contributed by atoms with Gasteiger partial charge in [-0.1, -0.05) is 0 Å². The minimum absolute atomic E-state index is 0.150. The van der Waals surface area contributed by atoms with Gasteiger partial charge in [0.1, 0.15) is 16.8 Å². The Morgan fingerprint density at radius 2 is 1.89 bits per heavy atom. The van der Waals surface area contributed by atoms with E-state index in [4.69, 9.17) is 9.47 Å². The zero-order valence-corrected chi connectivity index (χ0v) is 20.7. The lowest BCUT2D eigenvalue weighted by Crippen LogP contribution is -2.45. The molecule has 2 aliphatic rings. The molecule has 0 aromatic carbocycles. The van der Waals surface area contributed by atoms with E-state index in [1.165, 1.54) is 6.20 Å². The Hall–Kier alpha value is -3.51. The third kappa shape index (κ3) is 5.34. The van der Waals surface area contributed by atoms with Crippen molar-refractivity contribution in [2.24, 2.45) is 0 Å². The van der Waals surface area contributed by atoms with Crippen molar-refractivity contribution in [1.29, 1.82) is 0 Å². The predicted molar refractivity (Wildman–Crippen MR) is 134 cm³/mol. The van der Waals surface area contributed by atoms with E-state index in [2.05, 4.69) is 35.0 Å². The normalized spacial score (nSPS) is 17.7. The van der Waals surface area contributed by atoms with Crippen LogP contribution in [0, 0.1) is 0 Å². The third-order valence-electron chi connectivity index (χ3n) is 6.14. The van der Waals surface area contributed by atoms with E-state index in [-0.39, 0.29) is 11.2 Å². The fourth-order valence-corrected chi connectivity index (χ4v) is 5.03. The third-order valence-corrected chi connectivity index (χ3v) is 7.63. The van der Waals surface area contributed by atoms with Gasteiger partial charge >= 0.3 is 0 Å². The number of carbonyl (C=O) groups excluding carboxylic acids is 1. The maximum absolute atomic E-state index is 13.6. The fourth-order valence-electron chi connectivity index (χ4n) is 3.99. The fraction of sp³-hybridized carbons (Fsp3) is 0.417. The smallest absolute Gasteiger partial charge is 0.238 e. The zero-order chi connectivity index (χ0) is 25.0. The molecule has 1 saturated heterocycles. The van der Waals surface area contributed by atoms with Crippen molar-refractivity contribution in [3.63, 3.8) is 0 Å². The van der Waals surface area contributed by atoms with E-state index in [9.17, 15) is 9.00 Å². The first-order valence-corrected chi connectivity index (χ1v) is 13.1. The second kappa shape index (κ2) is 10.6. The molecule has 1 unspecified atom stereocenters. The Morgan fingerprint density at radius 1 is 1.08 bits per heavy atom. The van der Waals surface area contributed by atoms with E-state index in [0.717, 1.165) is 18.4 Å². The number of aromatic nitrogens is 5. The molecule has 1 amide bonds. The molecule has 1 saturated carbocycles. The first-order chi connectivity index (χ1) is 17.6. The van der Waals surface area contributed by atoms with Crippen LogP contribution in [0.1, 0.15) is 38.3 Å². The standard InChI is InChI=1S/C24H27N7O4S/c1-2-35-22-15-25-12-18(28-22)16-3-6-20(27-11-16)30-23(32)24(7-9-34-10-8-24)19-13-26-14-21(29-19)31-36(33)17-4-5-17/h3,6,11-15,17H,2,4-5,7-10H2,1H3,(H,29,31)(H,27,30,32). The molecular weight excluding hydrogens is 482 g/mol. The van der Waals surface area contributed by atoms with Crippen LogP contribution < -0.4 is 14.8 Å². The topological polar surface area (TPSA) is 141 Å². The van der Waals surface area contributed by atoms with Crippen molar-refractivity contribution >= 4 is 28.5 Å². The van der Waals surface area contributed by atoms with Gasteiger partial charge in [-0.3, -0.25) is 19.5 Å². The summed E-state index contributed by atoms with van der Waals surface area (Å²) in [5, 5.41) is 3.09. The van der Waals surface area contributed by atoms with Gasteiger partial charge in [-0.15, -0.1) is 0 Å². The summed E-state index contributed by atoms with van der Waals surface area (Å²) in [5.74, 6) is 1.00. The molecule has 1 atom stereocenters. The van der Waals surface area contributed by atoms with Crippen LogP contribution in [0.2, 0.25) is 0 Å². The van der Waals surface area contributed by atoms with Crippen molar-refractivity contribution in [2.75, 3.05) is 29.9 Å². The number of nitrogens with one attached hydrogen (secondary N) is 2. The number of hydrogen-bond acceptors (Lipinski definition) is 9. The van der Waals surface area contributed by atoms with Crippen LogP contribution in [0.5, 0.6) is 5.88 Å². The number of nitrogens with zero attached hydrogens (tertiary/aromatic N) is 5. The summed E-state index contributed by atoms with van der Waals surface area (Å²) in [7, 11) is -1.21. The predicted octanol–water partition coefficient (Wildman–Crippen LogP) is 2.65. The minimum atomic E-state index is -1.21. The molecule has 4 heterocycles. The summed E-state index contributed by atoms with van der Waals surface area (Å²) in [6, 6.07) is 3.54. The van der Waals surface area contributed by atoms with E-state index in [1.54, 1.807) is 30.9 Å². The second-order valence-electron chi connectivity index (χ2n) is 8.64. The highest BCUT2D eigenvalue weighted by molar-refractivity contribution is 7.87. The number of anilines is 2. The Kier molecular flexibility index (Phi) is 7.14. The number of hydrogen-bond donors (Lipinski definition) is 2. The van der Waals surface area contributed by atoms with Gasteiger partial charge in [0.25, 0.3) is 0 Å². The van der Waals surface area contributed by atoms with Gasteiger partial charge in [0.2, 0.25) is 11.8 Å². The van der Waals surface area contributed by atoms with E-state index in [1.807, 2.05) is 13.0 Å². The minimum Gasteiger partial charge on any atom is -0.477 e. The van der Waals surface area contributed by atoms with Gasteiger partial charge in [-0.25, -0.2) is 19.2 Å². The molecule has 36 heavy (non-hydrogen) atoms. The maximum Gasteiger partial charge on any atom is 0.238 e. The summed E-state index contributed by atoms with van der Waals surface area (Å²) in [6.07, 6.45) is 10.7. The van der Waals surface area contributed by atoms with Crippen molar-refractivity contribution in [2.45, 2.75) is 43.3 Å². The maximum atomic E-state index is 13.6. The van der Waals surface area contributed by atoms with Crippen molar-refractivity contribution in [3.8, 4) is 17.1 Å². The molecule has 2 fully saturated rings. The van der Waals surface area contributed by atoms with Crippen LogP contribution in [0.4, 0.5) is 11.6 Å². The van der Waals surface area contributed by atoms with Crippen LogP contribution in [0.15, 0.2) is 43.1 Å².